The molecule has 0 radical (unpaired) electrons. The number of halogens is 2. The molecule has 3 aromatic rings. The highest BCUT2D eigenvalue weighted by molar-refractivity contribution is 6.33. The van der Waals surface area contributed by atoms with Gasteiger partial charge in [0.2, 0.25) is 5.88 Å². The standard InChI is InChI=1S/C18H17ClFN5O4/c1-7-14(16(19)25-24-7)23-17(28)10-4-11(20)9(5-13(10)27)12-6-21-18(29-3)15(22-12)8(2)26/h4-6,8,26-27H,1-3H3,(H,23,28)(H,24,25). The number of hydrogen-bond acceptors (Lipinski definition) is 7. The Morgan fingerprint density at radius 2 is 2.14 bits per heavy atom. The summed E-state index contributed by atoms with van der Waals surface area (Å²) < 4.78 is 19.8. The number of nitrogens with one attached hydrogen (secondary N) is 2. The summed E-state index contributed by atoms with van der Waals surface area (Å²) in [4.78, 5) is 20.6. The third-order valence-electron chi connectivity index (χ3n) is 4.10. The van der Waals surface area contributed by atoms with Crippen LogP contribution in [0.25, 0.3) is 11.3 Å². The first-order valence-corrected chi connectivity index (χ1v) is 8.74. The van der Waals surface area contributed by atoms with Gasteiger partial charge in [0, 0.05) is 5.56 Å². The molecule has 9 nitrogen and oxygen atoms in total. The van der Waals surface area contributed by atoms with Crippen molar-refractivity contribution in [3.8, 4) is 22.9 Å². The molecule has 1 atom stereocenters. The molecule has 2 heterocycles. The predicted octanol–water partition coefficient (Wildman–Crippen LogP) is 2.99. The Kier molecular flexibility index (Phi) is 5.66. The second-order valence-electron chi connectivity index (χ2n) is 6.13. The van der Waals surface area contributed by atoms with Crippen LogP contribution in [0.4, 0.5) is 10.1 Å². The van der Waals surface area contributed by atoms with Crippen LogP contribution in [-0.2, 0) is 0 Å². The molecular formula is C18H17ClFN5O4. The smallest absolute Gasteiger partial charge is 0.259 e. The van der Waals surface area contributed by atoms with Gasteiger partial charge in [0.1, 0.15) is 28.1 Å². The minimum atomic E-state index is -1.01. The average Bonchev–Trinajstić information content (AvgIpc) is 3.00. The Balaban J connectivity index is 1.98. The van der Waals surface area contributed by atoms with Crippen molar-refractivity contribution in [3.63, 3.8) is 0 Å². The highest BCUT2D eigenvalue weighted by atomic mass is 35.5. The summed E-state index contributed by atoms with van der Waals surface area (Å²) in [6.07, 6.45) is 0.221. The number of phenolic OH excluding ortho intramolecular Hbond substituents is 1. The number of aromatic nitrogens is 4. The summed E-state index contributed by atoms with van der Waals surface area (Å²) in [6.45, 7) is 3.07. The topological polar surface area (TPSA) is 133 Å². The second kappa shape index (κ2) is 8.02. The van der Waals surface area contributed by atoms with E-state index in [-0.39, 0.29) is 39.2 Å². The SMILES string of the molecule is COc1ncc(-c2cc(O)c(C(=O)Nc3c(C)n[nH]c3Cl)cc2F)nc1C(C)O. The molecule has 0 fully saturated rings. The number of aliphatic hydroxyl groups excluding tert-OH is 1. The summed E-state index contributed by atoms with van der Waals surface area (Å²) in [6, 6.07) is 1.92. The lowest BCUT2D eigenvalue weighted by Crippen LogP contribution is -2.13. The number of amides is 1. The molecule has 0 aliphatic rings. The molecule has 0 aliphatic carbocycles. The molecule has 0 aliphatic heterocycles. The number of nitrogens with zero attached hydrogens (tertiary/aromatic N) is 3. The van der Waals surface area contributed by atoms with Crippen LogP contribution >= 0.6 is 11.6 Å². The maximum absolute atomic E-state index is 14.7. The highest BCUT2D eigenvalue weighted by Crippen LogP contribution is 2.32. The van der Waals surface area contributed by atoms with E-state index in [1.165, 1.54) is 20.2 Å². The molecule has 0 spiro atoms. The first-order chi connectivity index (χ1) is 13.7. The van der Waals surface area contributed by atoms with Gasteiger partial charge in [-0.05, 0) is 26.0 Å². The van der Waals surface area contributed by atoms with Crippen molar-refractivity contribution in [2.24, 2.45) is 0 Å². The molecule has 2 aromatic heterocycles. The van der Waals surface area contributed by atoms with E-state index in [4.69, 9.17) is 16.3 Å². The van der Waals surface area contributed by atoms with Gasteiger partial charge in [-0.2, -0.15) is 5.10 Å². The van der Waals surface area contributed by atoms with Crippen LogP contribution < -0.4 is 10.1 Å². The number of hydrogen-bond donors (Lipinski definition) is 4. The summed E-state index contributed by atoms with van der Waals surface area (Å²) in [7, 11) is 1.36. The van der Waals surface area contributed by atoms with Crippen molar-refractivity contribution in [2.75, 3.05) is 12.4 Å². The molecule has 1 aromatic carbocycles. The molecule has 29 heavy (non-hydrogen) atoms. The van der Waals surface area contributed by atoms with Crippen LogP contribution in [0, 0.1) is 12.7 Å². The van der Waals surface area contributed by atoms with Gasteiger partial charge in [-0.1, -0.05) is 11.6 Å². The molecular weight excluding hydrogens is 405 g/mol. The molecule has 0 bridgehead atoms. The van der Waals surface area contributed by atoms with E-state index in [1.54, 1.807) is 6.92 Å². The summed E-state index contributed by atoms with van der Waals surface area (Å²) in [5.74, 6) is -1.98. The third kappa shape index (κ3) is 3.98. The Morgan fingerprint density at radius 3 is 2.72 bits per heavy atom. The Morgan fingerprint density at radius 1 is 1.41 bits per heavy atom. The molecule has 4 N–H and O–H groups in total. The lowest BCUT2D eigenvalue weighted by molar-refractivity contribution is 0.102. The molecule has 0 saturated carbocycles. The fourth-order valence-corrected chi connectivity index (χ4v) is 2.85. The van der Waals surface area contributed by atoms with Gasteiger partial charge in [-0.3, -0.25) is 9.89 Å². The Bertz CT molecular complexity index is 1070. The first-order valence-electron chi connectivity index (χ1n) is 8.36. The van der Waals surface area contributed by atoms with Crippen LogP contribution in [0.5, 0.6) is 11.6 Å². The fraction of sp³-hybridized carbons (Fsp3) is 0.222. The van der Waals surface area contributed by atoms with E-state index in [0.29, 0.717) is 5.69 Å². The zero-order valence-electron chi connectivity index (χ0n) is 15.6. The normalized spacial score (nSPS) is 11.9. The Hall–Kier alpha value is -3.24. The van der Waals surface area contributed by atoms with Gasteiger partial charge in [0.05, 0.1) is 36.4 Å². The third-order valence-corrected chi connectivity index (χ3v) is 4.37. The number of ether oxygens (including phenoxy) is 1. The van der Waals surface area contributed by atoms with Crippen molar-refractivity contribution < 1.29 is 24.1 Å². The number of aliphatic hydroxyl groups is 1. The number of phenols is 1. The number of carbonyl (C=O) groups excluding carboxylic acids is 1. The quantitative estimate of drug-likeness (QED) is 0.497. The number of methoxy groups -OCH3 is 1. The highest BCUT2D eigenvalue weighted by Gasteiger charge is 2.21. The van der Waals surface area contributed by atoms with Crippen LogP contribution in [0.2, 0.25) is 5.15 Å². The number of benzene rings is 1. The molecule has 1 amide bonds. The molecule has 11 heteroatoms. The first kappa shape index (κ1) is 20.5. The van der Waals surface area contributed by atoms with Crippen molar-refractivity contribution in [3.05, 3.63) is 46.3 Å². The zero-order chi connectivity index (χ0) is 21.3. The lowest BCUT2D eigenvalue weighted by atomic mass is 10.1. The molecule has 0 saturated heterocycles. The number of carbonyl (C=O) groups is 1. The van der Waals surface area contributed by atoms with Gasteiger partial charge in [-0.25, -0.2) is 14.4 Å². The van der Waals surface area contributed by atoms with Crippen molar-refractivity contribution in [2.45, 2.75) is 20.0 Å². The minimum absolute atomic E-state index is 0.0511. The number of rotatable bonds is 5. The fourth-order valence-electron chi connectivity index (χ4n) is 2.62. The van der Waals surface area contributed by atoms with Gasteiger partial charge in [-0.15, -0.1) is 0 Å². The maximum atomic E-state index is 14.7. The van der Waals surface area contributed by atoms with E-state index >= 15 is 0 Å². The average molecular weight is 422 g/mol. The molecule has 3 rings (SSSR count). The van der Waals surface area contributed by atoms with Gasteiger partial charge in [0.15, 0.2) is 0 Å². The number of aromatic hydroxyl groups is 1. The summed E-state index contributed by atoms with van der Waals surface area (Å²) in [5, 5.41) is 29.0. The van der Waals surface area contributed by atoms with E-state index in [1.807, 2.05) is 0 Å². The summed E-state index contributed by atoms with van der Waals surface area (Å²) >= 11 is 5.90. The summed E-state index contributed by atoms with van der Waals surface area (Å²) in [5.41, 5.74) is 0.405. The predicted molar refractivity (Wildman–Crippen MR) is 103 cm³/mol. The largest absolute Gasteiger partial charge is 0.507 e. The Labute approximate surface area is 169 Å². The van der Waals surface area contributed by atoms with Crippen LogP contribution in [0.1, 0.15) is 34.8 Å². The molecule has 1 unspecified atom stereocenters. The number of aryl methyl sites for hydroxylation is 1. The van der Waals surface area contributed by atoms with Gasteiger partial charge >= 0.3 is 0 Å². The number of aromatic amines is 1. The van der Waals surface area contributed by atoms with Gasteiger partial charge < -0.3 is 20.3 Å². The lowest BCUT2D eigenvalue weighted by Gasteiger charge is -2.12. The van der Waals surface area contributed by atoms with Crippen LogP contribution in [0.15, 0.2) is 18.3 Å². The maximum Gasteiger partial charge on any atom is 0.259 e. The van der Waals surface area contributed by atoms with Crippen molar-refractivity contribution in [1.29, 1.82) is 0 Å². The van der Waals surface area contributed by atoms with Crippen LogP contribution in [0.3, 0.4) is 0 Å². The van der Waals surface area contributed by atoms with E-state index in [2.05, 4.69) is 25.5 Å². The number of anilines is 1. The van der Waals surface area contributed by atoms with E-state index in [9.17, 15) is 19.4 Å². The molecule has 152 valence electrons. The minimum Gasteiger partial charge on any atom is -0.507 e. The number of H-pyrrole nitrogens is 1. The van der Waals surface area contributed by atoms with E-state index in [0.717, 1.165) is 12.1 Å². The van der Waals surface area contributed by atoms with Gasteiger partial charge in [0.25, 0.3) is 5.91 Å². The zero-order valence-corrected chi connectivity index (χ0v) is 16.4. The van der Waals surface area contributed by atoms with Crippen LogP contribution in [-0.4, -0.2) is 43.4 Å². The monoisotopic (exact) mass is 421 g/mol. The van der Waals surface area contributed by atoms with E-state index < -0.39 is 23.6 Å². The van der Waals surface area contributed by atoms with Crippen molar-refractivity contribution in [1.82, 2.24) is 20.2 Å². The second-order valence-corrected chi connectivity index (χ2v) is 6.51. The van der Waals surface area contributed by atoms with Crippen molar-refractivity contribution >= 4 is 23.2 Å².